The van der Waals surface area contributed by atoms with Crippen LogP contribution < -0.4 is 11.1 Å². The second-order valence-corrected chi connectivity index (χ2v) is 4.32. The Morgan fingerprint density at radius 2 is 1.80 bits per heavy atom. The minimum absolute atomic E-state index is 0.146. The molecule has 2 nitrogen and oxygen atoms in total. The molecule has 0 radical (unpaired) electrons. The molecule has 0 amide bonds. The summed E-state index contributed by atoms with van der Waals surface area (Å²) in [6.45, 7) is 0.146. The fourth-order valence-corrected chi connectivity index (χ4v) is 1.78. The quantitative estimate of drug-likeness (QED) is 0.659. The predicted octanol–water partition coefficient (Wildman–Crippen LogP) is 4.04. The molecule has 2 aromatic rings. The van der Waals surface area contributed by atoms with Gasteiger partial charge < -0.3 is 11.1 Å². The molecule has 0 atom stereocenters. The first-order chi connectivity index (χ1) is 9.34. The molecule has 3 N–H and O–H groups in total. The maximum atomic E-state index is 13.1. The molecule has 0 aliphatic rings. The Labute approximate surface area is 113 Å². The Morgan fingerprint density at radius 3 is 2.45 bits per heavy atom. The van der Waals surface area contributed by atoms with Crippen LogP contribution in [0.25, 0.3) is 0 Å². The number of benzene rings is 2. The second kappa shape index (κ2) is 5.40. The van der Waals surface area contributed by atoms with Gasteiger partial charge in [-0.2, -0.15) is 13.2 Å². The average molecular weight is 284 g/mol. The van der Waals surface area contributed by atoms with Crippen molar-refractivity contribution < 1.29 is 17.6 Å². The first-order valence-electron chi connectivity index (χ1n) is 5.81. The van der Waals surface area contributed by atoms with Crippen LogP contribution in [0, 0.1) is 5.82 Å². The topological polar surface area (TPSA) is 38.0 Å². The van der Waals surface area contributed by atoms with Crippen LogP contribution in [0.2, 0.25) is 0 Å². The monoisotopic (exact) mass is 284 g/mol. The van der Waals surface area contributed by atoms with Gasteiger partial charge in [-0.1, -0.05) is 12.1 Å². The van der Waals surface area contributed by atoms with Crippen molar-refractivity contribution in [2.24, 2.45) is 0 Å². The molecular formula is C14H12F4N2. The lowest BCUT2D eigenvalue weighted by Gasteiger charge is -2.10. The smallest absolute Gasteiger partial charge is 0.399 e. The van der Waals surface area contributed by atoms with Gasteiger partial charge >= 0.3 is 6.18 Å². The third-order valence-corrected chi connectivity index (χ3v) is 2.67. The summed E-state index contributed by atoms with van der Waals surface area (Å²) < 4.78 is 50.8. The van der Waals surface area contributed by atoms with E-state index in [0.717, 1.165) is 18.2 Å². The number of rotatable bonds is 3. The number of nitrogens with two attached hydrogens (primary N) is 1. The molecule has 20 heavy (non-hydrogen) atoms. The molecular weight excluding hydrogens is 272 g/mol. The first kappa shape index (κ1) is 14.2. The zero-order chi connectivity index (χ0) is 14.8. The summed E-state index contributed by atoms with van der Waals surface area (Å²) in [4.78, 5) is 0. The van der Waals surface area contributed by atoms with Crippen molar-refractivity contribution in [1.29, 1.82) is 0 Å². The van der Waals surface area contributed by atoms with Gasteiger partial charge in [0, 0.05) is 17.9 Å². The van der Waals surface area contributed by atoms with Crippen LogP contribution in [0.3, 0.4) is 0 Å². The number of hydrogen-bond donors (Lipinski definition) is 2. The first-order valence-corrected chi connectivity index (χ1v) is 5.81. The fourth-order valence-electron chi connectivity index (χ4n) is 1.78. The van der Waals surface area contributed by atoms with Gasteiger partial charge in [-0.05, 0) is 35.9 Å². The number of nitrogen functional groups attached to an aromatic ring is 1. The molecule has 106 valence electrons. The van der Waals surface area contributed by atoms with Crippen molar-refractivity contribution in [3.63, 3.8) is 0 Å². The number of halogens is 4. The molecule has 0 aromatic heterocycles. The highest BCUT2D eigenvalue weighted by Crippen LogP contribution is 2.29. The SMILES string of the molecule is Nc1cc(F)cc(NCc2cccc(C(F)(F)F)c2)c1. The summed E-state index contributed by atoms with van der Waals surface area (Å²) in [5, 5.41) is 2.83. The molecule has 0 heterocycles. The zero-order valence-corrected chi connectivity index (χ0v) is 10.3. The van der Waals surface area contributed by atoms with E-state index >= 15 is 0 Å². The molecule has 0 spiro atoms. The van der Waals surface area contributed by atoms with E-state index in [1.54, 1.807) is 6.07 Å². The predicted molar refractivity (Wildman–Crippen MR) is 69.6 cm³/mol. The minimum atomic E-state index is -4.38. The molecule has 0 fully saturated rings. The molecule has 2 rings (SSSR count). The van der Waals surface area contributed by atoms with E-state index in [2.05, 4.69) is 5.32 Å². The summed E-state index contributed by atoms with van der Waals surface area (Å²) in [7, 11) is 0. The number of alkyl halides is 3. The zero-order valence-electron chi connectivity index (χ0n) is 10.3. The van der Waals surface area contributed by atoms with Crippen LogP contribution in [-0.2, 0) is 12.7 Å². The normalized spacial score (nSPS) is 11.4. The largest absolute Gasteiger partial charge is 0.416 e. The van der Waals surface area contributed by atoms with Crippen LogP contribution in [-0.4, -0.2) is 0 Å². The van der Waals surface area contributed by atoms with Gasteiger partial charge in [0.15, 0.2) is 0 Å². The second-order valence-electron chi connectivity index (χ2n) is 4.32. The molecule has 0 saturated carbocycles. The van der Waals surface area contributed by atoms with Gasteiger partial charge in [0.2, 0.25) is 0 Å². The highest BCUT2D eigenvalue weighted by molar-refractivity contribution is 5.54. The van der Waals surface area contributed by atoms with Gasteiger partial charge in [0.25, 0.3) is 0 Å². The lowest BCUT2D eigenvalue weighted by molar-refractivity contribution is -0.137. The highest BCUT2D eigenvalue weighted by atomic mass is 19.4. The van der Waals surface area contributed by atoms with E-state index in [0.29, 0.717) is 11.3 Å². The maximum absolute atomic E-state index is 13.1. The maximum Gasteiger partial charge on any atom is 0.416 e. The van der Waals surface area contributed by atoms with Gasteiger partial charge in [-0.25, -0.2) is 4.39 Å². The fraction of sp³-hybridized carbons (Fsp3) is 0.143. The van der Waals surface area contributed by atoms with Crippen molar-refractivity contribution in [1.82, 2.24) is 0 Å². The standard InChI is InChI=1S/C14H12F4N2/c15-11-5-12(19)7-13(6-11)20-8-9-2-1-3-10(4-9)14(16,17)18/h1-7,20H,8,19H2. The Hall–Kier alpha value is -2.24. The Morgan fingerprint density at radius 1 is 1.05 bits per heavy atom. The van der Waals surface area contributed by atoms with Crippen molar-refractivity contribution >= 4 is 11.4 Å². The Bertz CT molecular complexity index is 588. The Kier molecular flexibility index (Phi) is 3.83. The lowest BCUT2D eigenvalue weighted by atomic mass is 10.1. The lowest BCUT2D eigenvalue weighted by Crippen LogP contribution is -2.07. The molecule has 0 bridgehead atoms. The molecule has 0 aliphatic carbocycles. The van der Waals surface area contributed by atoms with Crippen LogP contribution in [0.1, 0.15) is 11.1 Å². The summed E-state index contributed by atoms with van der Waals surface area (Å²) in [5.41, 5.74) is 5.88. The van der Waals surface area contributed by atoms with Crippen LogP contribution in [0.4, 0.5) is 28.9 Å². The highest BCUT2D eigenvalue weighted by Gasteiger charge is 2.30. The van der Waals surface area contributed by atoms with Gasteiger partial charge in [0.1, 0.15) is 5.82 Å². The molecule has 0 saturated heterocycles. The summed E-state index contributed by atoms with van der Waals surface area (Å²) in [6, 6.07) is 8.85. The molecule has 2 aromatic carbocycles. The average Bonchev–Trinajstić information content (AvgIpc) is 2.35. The third kappa shape index (κ3) is 3.63. The van der Waals surface area contributed by atoms with Crippen LogP contribution >= 0.6 is 0 Å². The van der Waals surface area contributed by atoms with Crippen molar-refractivity contribution in [3.05, 3.63) is 59.4 Å². The summed E-state index contributed by atoms with van der Waals surface area (Å²) >= 11 is 0. The van der Waals surface area contributed by atoms with Crippen LogP contribution in [0.15, 0.2) is 42.5 Å². The number of hydrogen-bond acceptors (Lipinski definition) is 2. The Balaban J connectivity index is 2.11. The van der Waals surface area contributed by atoms with E-state index in [1.165, 1.54) is 18.2 Å². The van der Waals surface area contributed by atoms with E-state index in [1.807, 2.05) is 0 Å². The third-order valence-electron chi connectivity index (χ3n) is 2.67. The molecule has 6 heteroatoms. The molecule has 0 aliphatic heterocycles. The van der Waals surface area contributed by atoms with Gasteiger partial charge in [0.05, 0.1) is 5.56 Å². The number of nitrogens with one attached hydrogen (secondary N) is 1. The van der Waals surface area contributed by atoms with E-state index < -0.39 is 17.6 Å². The van der Waals surface area contributed by atoms with Gasteiger partial charge in [-0.15, -0.1) is 0 Å². The van der Waals surface area contributed by atoms with Crippen molar-refractivity contribution in [2.45, 2.75) is 12.7 Å². The summed E-state index contributed by atoms with van der Waals surface area (Å²) in [5.74, 6) is -0.503. The van der Waals surface area contributed by atoms with Crippen LogP contribution in [0.5, 0.6) is 0 Å². The van der Waals surface area contributed by atoms with Gasteiger partial charge in [-0.3, -0.25) is 0 Å². The van der Waals surface area contributed by atoms with E-state index in [4.69, 9.17) is 5.73 Å². The van der Waals surface area contributed by atoms with Crippen molar-refractivity contribution in [2.75, 3.05) is 11.1 Å². The minimum Gasteiger partial charge on any atom is -0.399 e. The number of anilines is 2. The van der Waals surface area contributed by atoms with E-state index in [9.17, 15) is 17.6 Å². The van der Waals surface area contributed by atoms with E-state index in [-0.39, 0.29) is 12.2 Å². The molecule has 0 unspecified atom stereocenters. The summed E-state index contributed by atoms with van der Waals surface area (Å²) in [6.07, 6.45) is -4.38. The van der Waals surface area contributed by atoms with Crippen molar-refractivity contribution in [3.8, 4) is 0 Å².